The molecule has 0 bridgehead atoms. The van der Waals surface area contributed by atoms with E-state index in [1.165, 1.54) is 41.2 Å². The van der Waals surface area contributed by atoms with Gasteiger partial charge in [-0.3, -0.25) is 0 Å². The van der Waals surface area contributed by atoms with Gasteiger partial charge in [0.15, 0.2) is 0 Å². The van der Waals surface area contributed by atoms with Gasteiger partial charge in [-0.25, -0.2) is 0 Å². The summed E-state index contributed by atoms with van der Waals surface area (Å²) in [6.07, 6.45) is 6.78. The van der Waals surface area contributed by atoms with Crippen molar-refractivity contribution in [2.45, 2.75) is 52.0 Å². The molecule has 2 heteroatoms. The van der Waals surface area contributed by atoms with E-state index in [2.05, 4.69) is 66.0 Å². The minimum absolute atomic E-state index is 0.560. The summed E-state index contributed by atoms with van der Waals surface area (Å²) in [4.78, 5) is 0. The van der Waals surface area contributed by atoms with Gasteiger partial charge in [0, 0.05) is 9.61 Å². The summed E-state index contributed by atoms with van der Waals surface area (Å²) in [5.74, 6) is 1.75. The van der Waals surface area contributed by atoms with Gasteiger partial charge < -0.3 is 5.32 Å². The third-order valence-corrected chi connectivity index (χ3v) is 5.09. The smallest absolute Gasteiger partial charge is 0.0348 e. The fourth-order valence-corrected chi connectivity index (χ4v) is 3.51. The fourth-order valence-electron chi connectivity index (χ4n) is 3.15. The van der Waals surface area contributed by atoms with Gasteiger partial charge in [-0.2, -0.15) is 0 Å². The van der Waals surface area contributed by atoms with Crippen LogP contribution >= 0.6 is 22.6 Å². The van der Waals surface area contributed by atoms with Crippen molar-refractivity contribution in [3.05, 3.63) is 33.4 Å². The summed E-state index contributed by atoms with van der Waals surface area (Å²) in [7, 11) is 0. The van der Waals surface area contributed by atoms with Crippen LogP contribution in [0.2, 0.25) is 0 Å². The van der Waals surface area contributed by atoms with E-state index < -0.39 is 0 Å². The molecule has 1 aromatic carbocycles. The van der Waals surface area contributed by atoms with Crippen LogP contribution in [0.15, 0.2) is 24.3 Å². The van der Waals surface area contributed by atoms with E-state index in [1.807, 2.05) is 0 Å². The Bertz CT molecular complexity index is 365. The summed E-state index contributed by atoms with van der Waals surface area (Å²) in [6, 6.07) is 9.66. The molecule has 0 aromatic heterocycles. The first-order chi connectivity index (χ1) is 9.20. The van der Waals surface area contributed by atoms with E-state index in [-0.39, 0.29) is 0 Å². The molecule has 0 heterocycles. The number of benzene rings is 1. The lowest BCUT2D eigenvalue weighted by atomic mass is 9.77. The molecule has 2 rings (SSSR count). The maximum Gasteiger partial charge on any atom is 0.0348 e. The molecule has 1 saturated carbocycles. The largest absolute Gasteiger partial charge is 0.310 e. The predicted molar refractivity (Wildman–Crippen MR) is 91.3 cm³/mol. The Balaban J connectivity index is 2.08. The average Bonchev–Trinajstić information content (AvgIpc) is 2.43. The first-order valence-electron chi connectivity index (χ1n) is 7.69. The molecule has 0 spiro atoms. The van der Waals surface area contributed by atoms with Crippen molar-refractivity contribution in [2.75, 3.05) is 6.54 Å². The van der Waals surface area contributed by atoms with E-state index >= 15 is 0 Å². The minimum Gasteiger partial charge on any atom is -0.310 e. The lowest BCUT2D eigenvalue weighted by molar-refractivity contribution is 0.231. The Hall–Kier alpha value is -0.0900. The molecule has 1 aliphatic rings. The van der Waals surface area contributed by atoms with Crippen molar-refractivity contribution < 1.29 is 0 Å². The molecule has 1 atom stereocenters. The summed E-state index contributed by atoms with van der Waals surface area (Å²) < 4.78 is 1.33. The SMILES string of the molecule is CCCNC(c1ccc(I)cc1)C1CCC(C)CC1. The van der Waals surface area contributed by atoms with E-state index in [0.717, 1.165) is 18.4 Å². The average molecular weight is 371 g/mol. The van der Waals surface area contributed by atoms with Gasteiger partial charge >= 0.3 is 0 Å². The molecule has 0 saturated heterocycles. The number of rotatable bonds is 5. The van der Waals surface area contributed by atoms with E-state index in [0.29, 0.717) is 6.04 Å². The molecule has 1 aliphatic carbocycles. The van der Waals surface area contributed by atoms with Gasteiger partial charge in [0.2, 0.25) is 0 Å². The van der Waals surface area contributed by atoms with Crippen molar-refractivity contribution in [3.8, 4) is 0 Å². The van der Waals surface area contributed by atoms with Crippen LogP contribution in [-0.4, -0.2) is 6.54 Å². The zero-order chi connectivity index (χ0) is 13.7. The van der Waals surface area contributed by atoms with Crippen LogP contribution in [0.25, 0.3) is 0 Å². The third-order valence-electron chi connectivity index (χ3n) is 4.38. The maximum absolute atomic E-state index is 3.79. The Kier molecular flexibility index (Phi) is 6.14. The Morgan fingerprint density at radius 1 is 1.16 bits per heavy atom. The van der Waals surface area contributed by atoms with Crippen molar-refractivity contribution in [2.24, 2.45) is 11.8 Å². The van der Waals surface area contributed by atoms with Gasteiger partial charge in [-0.15, -0.1) is 0 Å². The second-order valence-corrected chi connectivity index (χ2v) is 7.25. The molecule has 0 amide bonds. The lowest BCUT2D eigenvalue weighted by Crippen LogP contribution is -2.31. The van der Waals surface area contributed by atoms with Gasteiger partial charge in [-0.1, -0.05) is 38.8 Å². The topological polar surface area (TPSA) is 12.0 Å². The van der Waals surface area contributed by atoms with Crippen molar-refractivity contribution >= 4 is 22.6 Å². The van der Waals surface area contributed by atoms with Crippen LogP contribution in [0.5, 0.6) is 0 Å². The highest BCUT2D eigenvalue weighted by molar-refractivity contribution is 14.1. The fraction of sp³-hybridized carbons (Fsp3) is 0.647. The van der Waals surface area contributed by atoms with Crippen LogP contribution in [0.1, 0.15) is 57.6 Å². The summed E-state index contributed by atoms with van der Waals surface area (Å²) in [5, 5.41) is 3.79. The predicted octanol–water partition coefficient (Wildman–Crippen LogP) is 5.16. The standard InChI is InChI=1S/C17H26IN/c1-3-12-19-17(14-6-4-13(2)5-7-14)15-8-10-16(18)11-9-15/h8-11,13-14,17,19H,3-7,12H2,1-2H3. The van der Waals surface area contributed by atoms with Crippen LogP contribution in [0.4, 0.5) is 0 Å². The zero-order valence-electron chi connectivity index (χ0n) is 12.2. The highest BCUT2D eigenvalue weighted by atomic mass is 127. The maximum atomic E-state index is 3.79. The summed E-state index contributed by atoms with van der Waals surface area (Å²) in [6.45, 7) is 5.78. The Labute approximate surface area is 131 Å². The second kappa shape index (κ2) is 7.63. The molecule has 1 aromatic rings. The zero-order valence-corrected chi connectivity index (χ0v) is 14.3. The molecule has 19 heavy (non-hydrogen) atoms. The summed E-state index contributed by atoms with van der Waals surface area (Å²) in [5.41, 5.74) is 1.48. The first-order valence-corrected chi connectivity index (χ1v) is 8.77. The first kappa shape index (κ1) is 15.3. The molecule has 0 radical (unpaired) electrons. The van der Waals surface area contributed by atoms with E-state index in [9.17, 15) is 0 Å². The third kappa shape index (κ3) is 4.45. The number of halogens is 1. The molecule has 106 valence electrons. The number of hydrogen-bond donors (Lipinski definition) is 1. The molecule has 1 unspecified atom stereocenters. The number of hydrogen-bond acceptors (Lipinski definition) is 1. The molecule has 1 fully saturated rings. The molecule has 0 aliphatic heterocycles. The molecular formula is C17H26IN. The van der Waals surface area contributed by atoms with Crippen LogP contribution in [-0.2, 0) is 0 Å². The van der Waals surface area contributed by atoms with Crippen LogP contribution in [0, 0.1) is 15.4 Å². The van der Waals surface area contributed by atoms with Crippen molar-refractivity contribution in [3.63, 3.8) is 0 Å². The van der Waals surface area contributed by atoms with Gasteiger partial charge in [0.1, 0.15) is 0 Å². The molecule has 1 nitrogen and oxygen atoms in total. The van der Waals surface area contributed by atoms with Crippen LogP contribution < -0.4 is 5.32 Å². The van der Waals surface area contributed by atoms with E-state index in [4.69, 9.17) is 0 Å². The van der Waals surface area contributed by atoms with Gasteiger partial charge in [-0.05, 0) is 77.9 Å². The molecule has 1 N–H and O–H groups in total. The molecular weight excluding hydrogens is 345 g/mol. The normalized spacial score (nSPS) is 25.2. The summed E-state index contributed by atoms with van der Waals surface area (Å²) >= 11 is 2.39. The monoisotopic (exact) mass is 371 g/mol. The number of nitrogens with one attached hydrogen (secondary N) is 1. The Morgan fingerprint density at radius 3 is 2.37 bits per heavy atom. The minimum atomic E-state index is 0.560. The Morgan fingerprint density at radius 2 is 1.79 bits per heavy atom. The van der Waals surface area contributed by atoms with Gasteiger partial charge in [0.25, 0.3) is 0 Å². The van der Waals surface area contributed by atoms with Crippen LogP contribution in [0.3, 0.4) is 0 Å². The van der Waals surface area contributed by atoms with Crippen molar-refractivity contribution in [1.29, 1.82) is 0 Å². The lowest BCUT2D eigenvalue weighted by Gasteiger charge is -2.33. The highest BCUT2D eigenvalue weighted by Gasteiger charge is 2.26. The van der Waals surface area contributed by atoms with E-state index in [1.54, 1.807) is 0 Å². The van der Waals surface area contributed by atoms with Crippen molar-refractivity contribution in [1.82, 2.24) is 5.32 Å². The quantitative estimate of drug-likeness (QED) is 0.705. The second-order valence-electron chi connectivity index (χ2n) is 6.00. The van der Waals surface area contributed by atoms with Gasteiger partial charge in [0.05, 0.1) is 0 Å². The highest BCUT2D eigenvalue weighted by Crippen LogP contribution is 2.36.